The van der Waals surface area contributed by atoms with Crippen LogP contribution in [0.4, 0.5) is 15.9 Å². The number of aryl methyl sites for hydroxylation is 1. The van der Waals surface area contributed by atoms with Crippen molar-refractivity contribution in [2.45, 2.75) is 6.92 Å². The minimum Gasteiger partial charge on any atom is -0.321 e. The Morgan fingerprint density at radius 3 is 2.54 bits per heavy atom. The van der Waals surface area contributed by atoms with Crippen molar-refractivity contribution in [1.82, 2.24) is 10.2 Å². The summed E-state index contributed by atoms with van der Waals surface area (Å²) in [6, 6.07) is 14.4. The van der Waals surface area contributed by atoms with Crippen LogP contribution in [0.25, 0.3) is 10.2 Å². The molecule has 0 spiro atoms. The lowest BCUT2D eigenvalue weighted by atomic mass is 10.2. The van der Waals surface area contributed by atoms with Crippen LogP contribution in [-0.4, -0.2) is 22.0 Å². The van der Waals surface area contributed by atoms with Crippen LogP contribution in [0.5, 0.6) is 0 Å². The van der Waals surface area contributed by atoms with Gasteiger partial charge in [-0.3, -0.25) is 14.7 Å². The molecular formula is C20H15FN4O2S. The number of para-hydroxylation sites is 1. The number of carbonyl (C=O) groups is 2. The Kier molecular flexibility index (Phi) is 4.62. The molecule has 0 saturated heterocycles. The first-order valence-electron chi connectivity index (χ1n) is 8.43. The summed E-state index contributed by atoms with van der Waals surface area (Å²) in [4.78, 5) is 26.0. The van der Waals surface area contributed by atoms with E-state index in [0.717, 1.165) is 11.3 Å². The molecule has 6 nitrogen and oxygen atoms in total. The molecule has 0 aliphatic carbocycles. The Labute approximate surface area is 163 Å². The normalized spacial score (nSPS) is 10.8. The number of aromatic nitrogens is 2. The summed E-state index contributed by atoms with van der Waals surface area (Å²) in [5.74, 6) is -0.749. The number of benzene rings is 2. The zero-order valence-electron chi connectivity index (χ0n) is 14.7. The van der Waals surface area contributed by atoms with Crippen molar-refractivity contribution in [3.05, 3.63) is 76.4 Å². The average molecular weight is 394 g/mol. The van der Waals surface area contributed by atoms with E-state index in [9.17, 15) is 14.0 Å². The number of hydrogen-bond donors (Lipinski definition) is 3. The van der Waals surface area contributed by atoms with Crippen molar-refractivity contribution in [2.24, 2.45) is 0 Å². The van der Waals surface area contributed by atoms with Gasteiger partial charge < -0.3 is 10.6 Å². The fraction of sp³-hybridized carbons (Fsp3) is 0.0500. The third-order valence-corrected chi connectivity index (χ3v) is 5.25. The SMILES string of the molecule is Cc1ccccc1NC(=O)c1cc2c(NC(=O)c3ccc(F)cc3)n[nH]c2s1. The minimum absolute atomic E-state index is 0.236. The van der Waals surface area contributed by atoms with Crippen LogP contribution in [0.2, 0.25) is 0 Å². The van der Waals surface area contributed by atoms with Gasteiger partial charge in [-0.05, 0) is 48.9 Å². The van der Waals surface area contributed by atoms with Crippen LogP contribution >= 0.6 is 11.3 Å². The summed E-state index contributed by atoms with van der Waals surface area (Å²) in [6.45, 7) is 1.92. The molecule has 2 aromatic carbocycles. The summed E-state index contributed by atoms with van der Waals surface area (Å²) in [6.07, 6.45) is 0. The summed E-state index contributed by atoms with van der Waals surface area (Å²) >= 11 is 1.25. The van der Waals surface area contributed by atoms with E-state index >= 15 is 0 Å². The fourth-order valence-electron chi connectivity index (χ4n) is 2.70. The molecule has 0 fully saturated rings. The second-order valence-electron chi connectivity index (χ2n) is 6.16. The van der Waals surface area contributed by atoms with Gasteiger partial charge in [-0.2, -0.15) is 5.10 Å². The first-order valence-corrected chi connectivity index (χ1v) is 9.25. The number of nitrogens with one attached hydrogen (secondary N) is 3. The number of halogens is 1. The van der Waals surface area contributed by atoms with Gasteiger partial charge in [0.25, 0.3) is 11.8 Å². The number of amides is 2. The smallest absolute Gasteiger partial charge is 0.265 e. The Morgan fingerprint density at radius 1 is 1.04 bits per heavy atom. The Balaban J connectivity index is 1.55. The van der Waals surface area contributed by atoms with Gasteiger partial charge in [0.05, 0.1) is 10.3 Å². The lowest BCUT2D eigenvalue weighted by molar-refractivity contribution is 0.102. The van der Waals surface area contributed by atoms with Crippen LogP contribution in [0.3, 0.4) is 0 Å². The Bertz CT molecular complexity index is 1180. The first kappa shape index (κ1) is 17.9. The number of hydrogen-bond acceptors (Lipinski definition) is 4. The van der Waals surface area contributed by atoms with E-state index in [2.05, 4.69) is 20.8 Å². The quantitative estimate of drug-likeness (QED) is 0.474. The van der Waals surface area contributed by atoms with E-state index in [0.29, 0.717) is 26.5 Å². The predicted molar refractivity (Wildman–Crippen MR) is 107 cm³/mol. The van der Waals surface area contributed by atoms with Gasteiger partial charge >= 0.3 is 0 Å². The summed E-state index contributed by atoms with van der Waals surface area (Å²) < 4.78 is 13.0. The monoisotopic (exact) mass is 394 g/mol. The largest absolute Gasteiger partial charge is 0.321 e. The van der Waals surface area contributed by atoms with Gasteiger partial charge in [0.1, 0.15) is 10.6 Å². The van der Waals surface area contributed by atoms with E-state index in [-0.39, 0.29) is 5.91 Å². The van der Waals surface area contributed by atoms with E-state index < -0.39 is 11.7 Å². The molecule has 28 heavy (non-hydrogen) atoms. The molecule has 0 radical (unpaired) electrons. The zero-order valence-corrected chi connectivity index (χ0v) is 15.6. The fourth-order valence-corrected chi connectivity index (χ4v) is 3.60. The molecule has 4 rings (SSSR count). The summed E-state index contributed by atoms with van der Waals surface area (Å²) in [5.41, 5.74) is 2.02. The Morgan fingerprint density at radius 2 is 1.79 bits per heavy atom. The summed E-state index contributed by atoms with van der Waals surface area (Å²) in [7, 11) is 0. The molecule has 2 heterocycles. The number of H-pyrrole nitrogens is 1. The third-order valence-electron chi connectivity index (χ3n) is 4.21. The molecule has 0 aliphatic heterocycles. The predicted octanol–water partition coefficient (Wildman–Crippen LogP) is 4.58. The minimum atomic E-state index is -0.416. The molecule has 0 saturated carbocycles. The number of aromatic amines is 1. The van der Waals surface area contributed by atoms with E-state index in [1.807, 2.05) is 31.2 Å². The molecular weight excluding hydrogens is 379 g/mol. The average Bonchev–Trinajstić information content (AvgIpc) is 3.26. The maximum Gasteiger partial charge on any atom is 0.265 e. The number of rotatable bonds is 4. The van der Waals surface area contributed by atoms with Gasteiger partial charge in [0, 0.05) is 11.3 Å². The van der Waals surface area contributed by atoms with Crippen molar-refractivity contribution in [2.75, 3.05) is 10.6 Å². The molecule has 2 amide bonds. The van der Waals surface area contributed by atoms with Crippen LogP contribution in [0.15, 0.2) is 54.6 Å². The maximum atomic E-state index is 13.0. The lowest BCUT2D eigenvalue weighted by Gasteiger charge is -2.06. The van der Waals surface area contributed by atoms with Crippen LogP contribution in [0, 0.1) is 12.7 Å². The third kappa shape index (κ3) is 3.49. The first-order chi connectivity index (χ1) is 13.5. The second kappa shape index (κ2) is 7.24. The van der Waals surface area contributed by atoms with Crippen molar-refractivity contribution < 1.29 is 14.0 Å². The van der Waals surface area contributed by atoms with E-state index in [1.165, 1.54) is 35.6 Å². The van der Waals surface area contributed by atoms with Gasteiger partial charge in [-0.15, -0.1) is 11.3 Å². The standard InChI is InChI=1S/C20H15FN4O2S/c1-11-4-2-3-5-15(11)22-19(27)16-10-14-17(24-25-20(14)28-16)23-18(26)12-6-8-13(21)9-7-12/h2-10H,1H3,(H,22,27)(H2,23,24,25,26). The van der Waals surface area contributed by atoms with Crippen molar-refractivity contribution in [1.29, 1.82) is 0 Å². The highest BCUT2D eigenvalue weighted by molar-refractivity contribution is 7.20. The highest BCUT2D eigenvalue weighted by Gasteiger charge is 2.17. The number of thiophene rings is 1. The van der Waals surface area contributed by atoms with Gasteiger partial charge in [-0.1, -0.05) is 18.2 Å². The molecule has 8 heteroatoms. The van der Waals surface area contributed by atoms with Crippen molar-refractivity contribution in [3.63, 3.8) is 0 Å². The van der Waals surface area contributed by atoms with Crippen LogP contribution in [0.1, 0.15) is 25.6 Å². The van der Waals surface area contributed by atoms with E-state index in [4.69, 9.17) is 0 Å². The molecule has 0 bridgehead atoms. The van der Waals surface area contributed by atoms with Crippen LogP contribution < -0.4 is 10.6 Å². The van der Waals surface area contributed by atoms with Gasteiger partial charge in [-0.25, -0.2) is 4.39 Å². The number of anilines is 2. The van der Waals surface area contributed by atoms with E-state index in [1.54, 1.807) is 6.07 Å². The molecule has 3 N–H and O–H groups in total. The van der Waals surface area contributed by atoms with Crippen molar-refractivity contribution in [3.8, 4) is 0 Å². The molecule has 0 aliphatic rings. The number of carbonyl (C=O) groups excluding carboxylic acids is 2. The highest BCUT2D eigenvalue weighted by atomic mass is 32.1. The number of nitrogens with zero attached hydrogens (tertiary/aromatic N) is 1. The summed E-state index contributed by atoms with van der Waals surface area (Å²) in [5, 5.41) is 13.1. The zero-order chi connectivity index (χ0) is 19.7. The maximum absolute atomic E-state index is 13.0. The Hall–Kier alpha value is -3.52. The van der Waals surface area contributed by atoms with Gasteiger partial charge in [0.15, 0.2) is 5.82 Å². The highest BCUT2D eigenvalue weighted by Crippen LogP contribution is 2.30. The molecule has 140 valence electrons. The molecule has 0 unspecified atom stereocenters. The van der Waals surface area contributed by atoms with Crippen molar-refractivity contribution >= 4 is 44.9 Å². The molecule has 4 aromatic rings. The van der Waals surface area contributed by atoms with Crippen LogP contribution in [-0.2, 0) is 0 Å². The topological polar surface area (TPSA) is 86.9 Å². The second-order valence-corrected chi connectivity index (χ2v) is 7.21. The number of fused-ring (bicyclic) bond motifs is 1. The molecule has 0 atom stereocenters. The molecule has 2 aromatic heterocycles. The lowest BCUT2D eigenvalue weighted by Crippen LogP contribution is -2.12. The van der Waals surface area contributed by atoms with Gasteiger partial charge in [0.2, 0.25) is 0 Å².